The molecule has 0 atom stereocenters. The largest absolute Gasteiger partial charge is 0.327 e. The second-order valence-electron chi connectivity index (χ2n) is 3.01. The highest BCUT2D eigenvalue weighted by atomic mass is 79.9. The third-order valence-corrected chi connectivity index (χ3v) is 3.12. The molecule has 2 nitrogen and oxygen atoms in total. The summed E-state index contributed by atoms with van der Waals surface area (Å²) < 4.78 is 3.15. The molecule has 0 aliphatic heterocycles. The molecule has 0 radical (unpaired) electrons. The highest BCUT2D eigenvalue weighted by Gasteiger charge is 2.09. The lowest BCUT2D eigenvalue weighted by molar-refractivity contribution is 0.747. The van der Waals surface area contributed by atoms with Crippen molar-refractivity contribution in [3.8, 4) is 0 Å². The van der Waals surface area contributed by atoms with Gasteiger partial charge >= 0.3 is 0 Å². The van der Waals surface area contributed by atoms with Crippen LogP contribution < -0.4 is 0 Å². The summed E-state index contributed by atoms with van der Waals surface area (Å²) in [6, 6.07) is 6.07. The molecule has 14 heavy (non-hydrogen) atoms. The first-order chi connectivity index (χ1) is 6.77. The van der Waals surface area contributed by atoms with Crippen molar-refractivity contribution in [3.63, 3.8) is 0 Å². The summed E-state index contributed by atoms with van der Waals surface area (Å²) in [6.45, 7) is 2.99. The molecule has 74 valence electrons. The lowest BCUT2D eigenvalue weighted by Crippen LogP contribution is -1.98. The fourth-order valence-corrected chi connectivity index (χ4v) is 2.26. The van der Waals surface area contributed by atoms with Crippen LogP contribution in [0, 0.1) is 0 Å². The van der Waals surface area contributed by atoms with Crippen molar-refractivity contribution in [1.29, 1.82) is 0 Å². The number of benzene rings is 1. The number of aryl methyl sites for hydroxylation is 1. The van der Waals surface area contributed by atoms with Crippen LogP contribution in [-0.4, -0.2) is 9.55 Å². The van der Waals surface area contributed by atoms with Gasteiger partial charge < -0.3 is 4.57 Å². The molecule has 0 saturated carbocycles. The number of halogens is 2. The number of fused-ring (bicyclic) bond motifs is 1. The topological polar surface area (TPSA) is 17.8 Å². The minimum atomic E-state index is 0.453. The van der Waals surface area contributed by atoms with Crippen molar-refractivity contribution in [2.75, 3.05) is 0 Å². The zero-order chi connectivity index (χ0) is 10.1. The minimum absolute atomic E-state index is 0.453. The number of rotatable bonds is 2. The van der Waals surface area contributed by atoms with Crippen LogP contribution >= 0.6 is 27.5 Å². The van der Waals surface area contributed by atoms with Crippen molar-refractivity contribution in [3.05, 3.63) is 28.5 Å². The number of alkyl halides is 1. The summed E-state index contributed by atoms with van der Waals surface area (Å²) in [7, 11) is 0. The summed E-state index contributed by atoms with van der Waals surface area (Å²) in [5, 5.41) is 0. The predicted molar refractivity (Wildman–Crippen MR) is 62.7 cm³/mol. The predicted octanol–water partition coefficient (Wildman–Crippen LogP) is 3.56. The van der Waals surface area contributed by atoms with Gasteiger partial charge in [0.2, 0.25) is 0 Å². The van der Waals surface area contributed by atoms with Gasteiger partial charge in [-0.2, -0.15) is 0 Å². The summed E-state index contributed by atoms with van der Waals surface area (Å²) in [6.07, 6.45) is 0. The van der Waals surface area contributed by atoms with Crippen molar-refractivity contribution in [2.45, 2.75) is 19.3 Å². The SMILES string of the molecule is CCn1c(CCl)nc2c(Br)cccc21. The molecule has 1 aromatic heterocycles. The van der Waals surface area contributed by atoms with Gasteiger partial charge in [-0.05, 0) is 35.0 Å². The summed E-state index contributed by atoms with van der Waals surface area (Å²) in [4.78, 5) is 4.49. The second kappa shape index (κ2) is 3.91. The second-order valence-corrected chi connectivity index (χ2v) is 4.14. The van der Waals surface area contributed by atoms with Crippen molar-refractivity contribution < 1.29 is 0 Å². The molecule has 0 bridgehead atoms. The van der Waals surface area contributed by atoms with Gasteiger partial charge in [0.25, 0.3) is 0 Å². The lowest BCUT2D eigenvalue weighted by Gasteiger charge is -2.02. The van der Waals surface area contributed by atoms with E-state index in [1.54, 1.807) is 0 Å². The molecule has 0 aliphatic carbocycles. The summed E-state index contributed by atoms with van der Waals surface area (Å²) >= 11 is 9.32. The van der Waals surface area contributed by atoms with E-state index in [-0.39, 0.29) is 0 Å². The molecule has 0 unspecified atom stereocenters. The highest BCUT2D eigenvalue weighted by Crippen LogP contribution is 2.24. The van der Waals surface area contributed by atoms with Crippen LogP contribution in [0.25, 0.3) is 11.0 Å². The van der Waals surface area contributed by atoms with Crippen molar-refractivity contribution in [1.82, 2.24) is 9.55 Å². The Hall–Kier alpha value is -0.540. The normalized spacial score (nSPS) is 11.1. The van der Waals surface area contributed by atoms with Crippen molar-refractivity contribution in [2.24, 2.45) is 0 Å². The molecule has 2 aromatic rings. The number of aromatic nitrogens is 2. The summed E-state index contributed by atoms with van der Waals surface area (Å²) in [5.74, 6) is 1.38. The lowest BCUT2D eigenvalue weighted by atomic mass is 10.3. The van der Waals surface area contributed by atoms with Crippen LogP contribution in [0.5, 0.6) is 0 Å². The van der Waals surface area contributed by atoms with E-state index in [1.807, 2.05) is 12.1 Å². The monoisotopic (exact) mass is 272 g/mol. The molecule has 0 saturated heterocycles. The van der Waals surface area contributed by atoms with E-state index in [9.17, 15) is 0 Å². The van der Waals surface area contributed by atoms with Crippen LogP contribution in [0.4, 0.5) is 0 Å². The molecule has 0 N–H and O–H groups in total. The van der Waals surface area contributed by atoms with Crippen LogP contribution in [0.1, 0.15) is 12.7 Å². The zero-order valence-corrected chi connectivity index (χ0v) is 10.1. The number of hydrogen-bond donors (Lipinski definition) is 0. The molecule has 0 spiro atoms. The molecule has 0 fully saturated rings. The van der Waals surface area contributed by atoms with Gasteiger partial charge in [0.1, 0.15) is 11.3 Å². The van der Waals surface area contributed by atoms with E-state index < -0.39 is 0 Å². The third kappa shape index (κ3) is 1.44. The van der Waals surface area contributed by atoms with Crippen LogP contribution in [-0.2, 0) is 12.4 Å². The Morgan fingerprint density at radius 3 is 2.93 bits per heavy atom. The Balaban J connectivity index is 2.79. The smallest absolute Gasteiger partial charge is 0.124 e. The van der Waals surface area contributed by atoms with E-state index >= 15 is 0 Å². The first-order valence-electron chi connectivity index (χ1n) is 4.47. The quantitative estimate of drug-likeness (QED) is 0.765. The Morgan fingerprint density at radius 1 is 1.50 bits per heavy atom. The van der Waals surface area contributed by atoms with Crippen LogP contribution in [0.2, 0.25) is 0 Å². The van der Waals surface area contributed by atoms with E-state index in [1.165, 1.54) is 0 Å². The standard InChI is InChI=1S/C10H10BrClN2/c1-2-14-8-5-3-4-7(11)10(8)13-9(14)6-12/h3-5H,2,6H2,1H3. The minimum Gasteiger partial charge on any atom is -0.327 e. The van der Waals surface area contributed by atoms with E-state index in [0.717, 1.165) is 27.9 Å². The maximum absolute atomic E-state index is 5.84. The first kappa shape index (κ1) is 9.99. The molecule has 1 heterocycles. The van der Waals surface area contributed by atoms with Gasteiger partial charge in [-0.1, -0.05) is 6.07 Å². The van der Waals surface area contributed by atoms with E-state index in [0.29, 0.717) is 5.88 Å². The van der Waals surface area contributed by atoms with Gasteiger partial charge in [0, 0.05) is 11.0 Å². The Bertz CT molecular complexity index is 464. The maximum Gasteiger partial charge on any atom is 0.124 e. The van der Waals surface area contributed by atoms with E-state index in [4.69, 9.17) is 11.6 Å². The van der Waals surface area contributed by atoms with Gasteiger partial charge in [0.15, 0.2) is 0 Å². The number of para-hydroxylation sites is 1. The van der Waals surface area contributed by atoms with Gasteiger partial charge in [-0.25, -0.2) is 4.98 Å². The number of nitrogens with zero attached hydrogens (tertiary/aromatic N) is 2. The highest BCUT2D eigenvalue weighted by molar-refractivity contribution is 9.10. The Labute approximate surface area is 96.0 Å². The summed E-state index contributed by atoms with van der Waals surface area (Å²) in [5.41, 5.74) is 2.13. The molecule has 0 amide bonds. The van der Waals surface area contributed by atoms with E-state index in [2.05, 4.69) is 38.5 Å². The number of imidazole rings is 1. The third-order valence-electron chi connectivity index (χ3n) is 2.24. The molecule has 1 aromatic carbocycles. The van der Waals surface area contributed by atoms with Crippen molar-refractivity contribution >= 4 is 38.6 Å². The fraction of sp³-hybridized carbons (Fsp3) is 0.300. The molecule has 2 rings (SSSR count). The average molecular weight is 274 g/mol. The van der Waals surface area contributed by atoms with Crippen LogP contribution in [0.3, 0.4) is 0 Å². The zero-order valence-electron chi connectivity index (χ0n) is 7.80. The molecule has 4 heteroatoms. The van der Waals surface area contributed by atoms with Gasteiger partial charge in [0.05, 0.1) is 11.4 Å². The Morgan fingerprint density at radius 2 is 2.29 bits per heavy atom. The average Bonchev–Trinajstić information content (AvgIpc) is 2.57. The number of hydrogen-bond acceptors (Lipinski definition) is 1. The Kier molecular flexibility index (Phi) is 2.79. The molecule has 0 aliphatic rings. The van der Waals surface area contributed by atoms with Crippen LogP contribution in [0.15, 0.2) is 22.7 Å². The maximum atomic E-state index is 5.84. The first-order valence-corrected chi connectivity index (χ1v) is 5.80. The molecular weight excluding hydrogens is 263 g/mol. The fourth-order valence-electron chi connectivity index (χ4n) is 1.62. The van der Waals surface area contributed by atoms with Gasteiger partial charge in [-0.3, -0.25) is 0 Å². The molecular formula is C10H10BrClN2. The van der Waals surface area contributed by atoms with Gasteiger partial charge in [-0.15, -0.1) is 11.6 Å².